The van der Waals surface area contributed by atoms with E-state index in [-0.39, 0.29) is 34.0 Å². The average molecular weight is 495 g/mol. The zero-order valence-electron chi connectivity index (χ0n) is 18.8. The third-order valence-corrected chi connectivity index (χ3v) is 7.49. The van der Waals surface area contributed by atoms with Crippen LogP contribution in [0.4, 0.5) is 0 Å². The van der Waals surface area contributed by atoms with Gasteiger partial charge in [0, 0.05) is 38.9 Å². The summed E-state index contributed by atoms with van der Waals surface area (Å²) in [6.45, 7) is 2.14. The lowest BCUT2D eigenvalue weighted by atomic mass is 10.1. The van der Waals surface area contributed by atoms with E-state index in [1.165, 1.54) is 17.7 Å². The first kappa shape index (κ1) is 25.6. The zero-order chi connectivity index (χ0) is 23.7. The van der Waals surface area contributed by atoms with Crippen molar-refractivity contribution in [1.82, 2.24) is 9.62 Å². The fraction of sp³-hybridized carbons (Fsp3) is 0.458. The van der Waals surface area contributed by atoms with Crippen molar-refractivity contribution in [3.05, 3.63) is 64.7 Å². The molecule has 2 aromatic carbocycles. The summed E-state index contributed by atoms with van der Waals surface area (Å²) in [7, 11) is -2.30. The predicted molar refractivity (Wildman–Crippen MR) is 128 cm³/mol. The number of rotatable bonds is 12. The molecule has 0 aliphatic carbocycles. The van der Waals surface area contributed by atoms with Gasteiger partial charge in [0.25, 0.3) is 5.91 Å². The molecular formula is C24H31ClN2O5S. The van der Waals surface area contributed by atoms with Crippen LogP contribution < -0.4 is 4.72 Å². The number of benzene rings is 2. The van der Waals surface area contributed by atoms with Gasteiger partial charge in [0.1, 0.15) is 4.90 Å². The molecule has 1 heterocycles. The second-order valence-corrected chi connectivity index (χ2v) is 10.1. The molecule has 1 unspecified atom stereocenters. The molecule has 1 aliphatic heterocycles. The Hall–Kier alpha value is -1.97. The highest BCUT2D eigenvalue weighted by atomic mass is 35.5. The maximum Gasteiger partial charge on any atom is 0.253 e. The molecule has 180 valence electrons. The lowest BCUT2D eigenvalue weighted by Crippen LogP contribution is -2.35. The van der Waals surface area contributed by atoms with E-state index in [9.17, 15) is 13.2 Å². The van der Waals surface area contributed by atoms with Crippen LogP contribution in [0.5, 0.6) is 0 Å². The third-order valence-electron chi connectivity index (χ3n) is 5.58. The third kappa shape index (κ3) is 7.52. The van der Waals surface area contributed by atoms with Gasteiger partial charge >= 0.3 is 0 Å². The van der Waals surface area contributed by atoms with Gasteiger partial charge < -0.3 is 14.4 Å². The molecule has 9 heteroatoms. The van der Waals surface area contributed by atoms with Gasteiger partial charge in [0.2, 0.25) is 10.0 Å². The van der Waals surface area contributed by atoms with Crippen LogP contribution in [0.2, 0.25) is 5.02 Å². The molecule has 1 amide bonds. The summed E-state index contributed by atoms with van der Waals surface area (Å²) in [6.07, 6.45) is 3.20. The topological polar surface area (TPSA) is 84.9 Å². The number of sulfonamides is 1. The zero-order valence-corrected chi connectivity index (χ0v) is 20.4. The summed E-state index contributed by atoms with van der Waals surface area (Å²) in [5.74, 6) is -0.257. The van der Waals surface area contributed by atoms with Crippen LogP contribution in [0.1, 0.15) is 35.2 Å². The van der Waals surface area contributed by atoms with Crippen molar-refractivity contribution in [2.45, 2.75) is 36.7 Å². The standard InChI is InChI=1S/C24H31ClN2O5S/c1-31-16-14-27(13-5-9-19-7-3-2-4-8-19)24(28)20-11-12-22(25)23(17-20)33(29,30)26-18-21-10-6-15-32-21/h2-4,7-8,11-12,17,21,26H,5-6,9-10,13-16,18H2,1H3. The van der Waals surface area contributed by atoms with E-state index in [0.29, 0.717) is 26.3 Å². The number of ether oxygens (including phenoxy) is 2. The maximum absolute atomic E-state index is 13.2. The highest BCUT2D eigenvalue weighted by Crippen LogP contribution is 2.24. The first-order valence-electron chi connectivity index (χ1n) is 11.1. The molecule has 1 saturated heterocycles. The molecule has 1 N–H and O–H groups in total. The minimum absolute atomic E-state index is 0.0684. The maximum atomic E-state index is 13.2. The number of methoxy groups -OCH3 is 1. The van der Waals surface area contributed by atoms with Crippen LogP contribution in [-0.2, 0) is 25.9 Å². The van der Waals surface area contributed by atoms with E-state index in [0.717, 1.165) is 25.7 Å². The molecule has 3 rings (SSSR count). The van der Waals surface area contributed by atoms with Gasteiger partial charge in [-0.1, -0.05) is 41.9 Å². The molecule has 1 atom stereocenters. The molecule has 0 bridgehead atoms. The summed E-state index contributed by atoms with van der Waals surface area (Å²) in [4.78, 5) is 14.8. The van der Waals surface area contributed by atoms with Crippen molar-refractivity contribution in [1.29, 1.82) is 0 Å². The predicted octanol–water partition coefficient (Wildman–Crippen LogP) is 3.52. The van der Waals surface area contributed by atoms with Crippen molar-refractivity contribution in [3.8, 4) is 0 Å². The average Bonchev–Trinajstić information content (AvgIpc) is 3.34. The Labute approximate surface area is 201 Å². The second-order valence-electron chi connectivity index (χ2n) is 8.01. The molecule has 2 aromatic rings. The van der Waals surface area contributed by atoms with E-state index in [4.69, 9.17) is 21.1 Å². The Bertz CT molecular complexity index is 1010. The van der Waals surface area contributed by atoms with Crippen molar-refractivity contribution in [2.24, 2.45) is 0 Å². The molecule has 33 heavy (non-hydrogen) atoms. The molecule has 0 aromatic heterocycles. The van der Waals surface area contributed by atoms with Gasteiger partial charge in [-0.3, -0.25) is 4.79 Å². The molecule has 1 aliphatic rings. The number of nitrogens with zero attached hydrogens (tertiary/aromatic N) is 1. The van der Waals surface area contributed by atoms with Crippen molar-refractivity contribution >= 4 is 27.5 Å². The molecule has 0 radical (unpaired) electrons. The summed E-state index contributed by atoms with van der Waals surface area (Å²) in [5.41, 5.74) is 1.47. The van der Waals surface area contributed by atoms with Gasteiger partial charge in [0.05, 0.1) is 17.7 Å². The number of aryl methyl sites for hydroxylation is 1. The van der Waals surface area contributed by atoms with E-state index in [2.05, 4.69) is 16.9 Å². The number of halogens is 1. The fourth-order valence-corrected chi connectivity index (χ4v) is 5.34. The molecule has 1 fully saturated rings. The summed E-state index contributed by atoms with van der Waals surface area (Å²) in [5, 5.41) is 0.0684. The summed E-state index contributed by atoms with van der Waals surface area (Å²) in [6, 6.07) is 14.4. The monoisotopic (exact) mass is 494 g/mol. The van der Waals surface area contributed by atoms with Crippen molar-refractivity contribution < 1.29 is 22.7 Å². The minimum atomic E-state index is -3.89. The van der Waals surface area contributed by atoms with Crippen LogP contribution >= 0.6 is 11.6 Å². The van der Waals surface area contributed by atoms with Crippen LogP contribution in [0, 0.1) is 0 Å². The number of hydrogen-bond donors (Lipinski definition) is 1. The Kier molecular flexibility index (Phi) is 9.70. The van der Waals surface area contributed by atoms with Gasteiger partial charge in [-0.05, 0) is 49.4 Å². The Morgan fingerprint density at radius 1 is 1.21 bits per heavy atom. The van der Waals surface area contributed by atoms with Crippen molar-refractivity contribution in [3.63, 3.8) is 0 Å². The van der Waals surface area contributed by atoms with E-state index >= 15 is 0 Å². The Morgan fingerprint density at radius 2 is 2.00 bits per heavy atom. The summed E-state index contributed by atoms with van der Waals surface area (Å²) < 4.78 is 38.9. The quantitative estimate of drug-likeness (QED) is 0.488. The molecule has 0 spiro atoms. The molecular weight excluding hydrogens is 464 g/mol. The van der Waals surface area contributed by atoms with Gasteiger partial charge in [-0.25, -0.2) is 13.1 Å². The van der Waals surface area contributed by atoms with Crippen molar-refractivity contribution in [2.75, 3.05) is 40.0 Å². The van der Waals surface area contributed by atoms with E-state index in [1.54, 1.807) is 18.1 Å². The SMILES string of the molecule is COCCN(CCCc1ccccc1)C(=O)c1ccc(Cl)c(S(=O)(=O)NCC2CCCO2)c1. The number of hydrogen-bond acceptors (Lipinski definition) is 5. The Morgan fingerprint density at radius 3 is 2.70 bits per heavy atom. The number of carbonyl (C=O) groups is 1. The van der Waals surface area contributed by atoms with Crippen LogP contribution in [0.15, 0.2) is 53.4 Å². The second kappa shape index (κ2) is 12.5. The normalized spacial score (nSPS) is 16.1. The number of carbonyl (C=O) groups excluding carboxylic acids is 1. The lowest BCUT2D eigenvalue weighted by Gasteiger charge is -2.23. The minimum Gasteiger partial charge on any atom is -0.383 e. The molecule has 7 nitrogen and oxygen atoms in total. The lowest BCUT2D eigenvalue weighted by molar-refractivity contribution is 0.0693. The van der Waals surface area contributed by atoms with Crippen LogP contribution in [0.3, 0.4) is 0 Å². The fourth-order valence-electron chi connectivity index (χ4n) is 3.75. The Balaban J connectivity index is 1.70. The van der Waals surface area contributed by atoms with Crippen LogP contribution in [-0.4, -0.2) is 65.3 Å². The highest BCUT2D eigenvalue weighted by molar-refractivity contribution is 7.89. The van der Waals surface area contributed by atoms with Crippen LogP contribution in [0.25, 0.3) is 0 Å². The van der Waals surface area contributed by atoms with E-state index < -0.39 is 10.0 Å². The first-order chi connectivity index (χ1) is 15.9. The summed E-state index contributed by atoms with van der Waals surface area (Å²) >= 11 is 6.20. The first-order valence-corrected chi connectivity index (χ1v) is 13.0. The van der Waals surface area contributed by atoms with Gasteiger partial charge in [-0.15, -0.1) is 0 Å². The molecule has 0 saturated carbocycles. The number of amides is 1. The number of nitrogens with one attached hydrogen (secondary N) is 1. The van der Waals surface area contributed by atoms with Gasteiger partial charge in [0.15, 0.2) is 0 Å². The largest absolute Gasteiger partial charge is 0.383 e. The van der Waals surface area contributed by atoms with E-state index in [1.807, 2.05) is 18.2 Å². The van der Waals surface area contributed by atoms with Gasteiger partial charge in [-0.2, -0.15) is 0 Å². The smallest absolute Gasteiger partial charge is 0.253 e. The highest BCUT2D eigenvalue weighted by Gasteiger charge is 2.24.